The van der Waals surface area contributed by atoms with Crippen LogP contribution in [0.1, 0.15) is 41.9 Å². The van der Waals surface area contributed by atoms with Crippen LogP contribution in [-0.4, -0.2) is 56.8 Å². The normalized spacial score (nSPS) is 16.6. The molecule has 0 saturated heterocycles. The number of ether oxygens (including phenoxy) is 3. The van der Waals surface area contributed by atoms with E-state index in [1.807, 2.05) is 24.4 Å². The second kappa shape index (κ2) is 14.1. The Balaban J connectivity index is 1.37. The summed E-state index contributed by atoms with van der Waals surface area (Å²) in [4.78, 5) is 41.5. The average Bonchev–Trinajstić information content (AvgIpc) is 3.59. The summed E-state index contributed by atoms with van der Waals surface area (Å²) in [5.74, 6) is 0.00752. The van der Waals surface area contributed by atoms with Crippen molar-refractivity contribution in [2.45, 2.75) is 38.4 Å². The smallest absolute Gasteiger partial charge is 0.327 e. The molecule has 248 valence electrons. The number of rotatable bonds is 12. The van der Waals surface area contributed by atoms with Gasteiger partial charge in [-0.25, -0.2) is 4.98 Å². The first-order valence-corrected chi connectivity index (χ1v) is 15.3. The van der Waals surface area contributed by atoms with Gasteiger partial charge < -0.3 is 46.6 Å². The third kappa shape index (κ3) is 7.45. The number of aromatic amines is 1. The molecule has 16 nitrogen and oxygen atoms in total. The zero-order valence-electron chi connectivity index (χ0n) is 26.0. The van der Waals surface area contributed by atoms with Crippen LogP contribution in [0.4, 0.5) is 17.2 Å². The number of anilines is 3. The number of fused-ring (bicyclic) bond motifs is 1. The Kier molecular flexibility index (Phi) is 9.33. The van der Waals surface area contributed by atoms with E-state index in [0.717, 1.165) is 16.8 Å². The van der Waals surface area contributed by atoms with Crippen molar-refractivity contribution in [3.05, 3.63) is 83.6 Å². The van der Waals surface area contributed by atoms with Gasteiger partial charge in [0.05, 0.1) is 18.6 Å². The van der Waals surface area contributed by atoms with Crippen molar-refractivity contribution in [3.8, 4) is 23.4 Å². The van der Waals surface area contributed by atoms with Crippen molar-refractivity contribution in [1.82, 2.24) is 30.6 Å². The summed E-state index contributed by atoms with van der Waals surface area (Å²) in [6.45, 7) is 2.72. The van der Waals surface area contributed by atoms with E-state index in [1.165, 1.54) is 12.4 Å². The van der Waals surface area contributed by atoms with E-state index < -0.39 is 6.04 Å². The van der Waals surface area contributed by atoms with Crippen molar-refractivity contribution in [3.63, 3.8) is 0 Å². The minimum Gasteiger partial charge on any atom is -0.466 e. The standard InChI is InChI=1S/C32H35N11O5/c1-2-46-25(44)7-4-17-10-19(28-37-8-3-9-38-28)12-21(11-17)47-31-26-29(40-23(30(45)41-26)14-20-15-36-16-39-20)42-32(43-31)48-24-13-18(27(34)35)5-6-22(24)33/h3,5-6,8,10-13,15-16,23,28,37-38H,2,4,7,9,14,33H2,1H3,(H3,34,35)(H,36,39)(H,41,45)(H,40,42,43). The number of amidine groups is 1. The van der Waals surface area contributed by atoms with E-state index in [4.69, 9.17) is 31.1 Å². The molecule has 16 heteroatoms. The second-order valence-electron chi connectivity index (χ2n) is 11.0. The Morgan fingerprint density at radius 2 is 2.02 bits per heavy atom. The van der Waals surface area contributed by atoms with E-state index in [1.54, 1.807) is 31.3 Å². The molecule has 2 aromatic heterocycles. The molecule has 2 aliphatic rings. The third-order valence-corrected chi connectivity index (χ3v) is 7.52. The van der Waals surface area contributed by atoms with Crippen LogP contribution < -0.4 is 42.2 Å². The van der Waals surface area contributed by atoms with Gasteiger partial charge in [0.1, 0.15) is 29.5 Å². The molecule has 4 aromatic rings. The van der Waals surface area contributed by atoms with Gasteiger partial charge in [-0.1, -0.05) is 12.1 Å². The number of aromatic nitrogens is 4. The number of imidazole rings is 1. The van der Waals surface area contributed by atoms with Gasteiger partial charge in [0.2, 0.25) is 5.91 Å². The Morgan fingerprint density at radius 1 is 1.15 bits per heavy atom. The summed E-state index contributed by atoms with van der Waals surface area (Å²) in [5, 5.41) is 20.5. The monoisotopic (exact) mass is 653 g/mol. The van der Waals surface area contributed by atoms with Gasteiger partial charge in [-0.15, -0.1) is 0 Å². The lowest BCUT2D eigenvalue weighted by molar-refractivity contribution is -0.143. The highest BCUT2D eigenvalue weighted by molar-refractivity contribution is 6.03. The van der Waals surface area contributed by atoms with E-state index >= 15 is 0 Å². The number of carbonyl (C=O) groups is 2. The molecule has 48 heavy (non-hydrogen) atoms. The van der Waals surface area contributed by atoms with E-state index in [0.29, 0.717) is 37.3 Å². The number of carbonyl (C=O) groups excluding carboxylic acids is 2. The molecule has 0 bridgehead atoms. The lowest BCUT2D eigenvalue weighted by Crippen LogP contribution is -2.41. The number of nitrogens with two attached hydrogens (primary N) is 2. The number of nitrogen functional groups attached to an aromatic ring is 2. The highest BCUT2D eigenvalue weighted by Gasteiger charge is 2.32. The molecule has 0 fully saturated rings. The van der Waals surface area contributed by atoms with Crippen LogP contribution in [0.3, 0.4) is 0 Å². The van der Waals surface area contributed by atoms with Gasteiger partial charge in [-0.2, -0.15) is 9.97 Å². The van der Waals surface area contributed by atoms with Crippen LogP contribution in [0, 0.1) is 5.41 Å². The Bertz CT molecular complexity index is 1860. The van der Waals surface area contributed by atoms with Crippen molar-refractivity contribution in [2.75, 3.05) is 29.5 Å². The SMILES string of the molecule is CCOC(=O)CCc1cc(Oc2nc(Oc3cc(C(=N)N)ccc3N)nc3c2NC(=O)C(Cc2cnc[nH]2)N3)cc(C2NC=CCN2)c1. The zero-order valence-corrected chi connectivity index (χ0v) is 26.0. The molecular formula is C32H35N11O5. The molecule has 10 N–H and O–H groups in total. The minimum atomic E-state index is -0.700. The maximum Gasteiger partial charge on any atom is 0.327 e. The predicted molar refractivity (Wildman–Crippen MR) is 177 cm³/mol. The largest absolute Gasteiger partial charge is 0.466 e. The van der Waals surface area contributed by atoms with Crippen LogP contribution in [0.2, 0.25) is 0 Å². The molecule has 4 heterocycles. The van der Waals surface area contributed by atoms with E-state index in [-0.39, 0.29) is 65.1 Å². The molecule has 2 aliphatic heterocycles. The second-order valence-corrected chi connectivity index (χ2v) is 11.0. The summed E-state index contributed by atoms with van der Waals surface area (Å²) in [6, 6.07) is 9.44. The summed E-state index contributed by atoms with van der Waals surface area (Å²) in [5.41, 5.74) is 15.1. The van der Waals surface area contributed by atoms with Gasteiger partial charge >= 0.3 is 12.0 Å². The summed E-state index contributed by atoms with van der Waals surface area (Å²) >= 11 is 0. The number of hydrogen-bond acceptors (Lipinski definition) is 13. The Labute approximate surface area is 275 Å². The molecule has 0 aliphatic carbocycles. The Morgan fingerprint density at radius 3 is 2.77 bits per heavy atom. The molecule has 2 aromatic carbocycles. The Hall–Kier alpha value is -6.16. The molecule has 0 saturated carbocycles. The van der Waals surface area contributed by atoms with Crippen molar-refractivity contribution < 1.29 is 23.8 Å². The van der Waals surface area contributed by atoms with E-state index in [2.05, 4.69) is 41.2 Å². The summed E-state index contributed by atoms with van der Waals surface area (Å²) in [7, 11) is 0. The van der Waals surface area contributed by atoms with Gasteiger partial charge in [0, 0.05) is 36.8 Å². The number of nitrogens with zero attached hydrogens (tertiary/aromatic N) is 3. The number of aryl methyl sites for hydroxylation is 1. The molecule has 2 unspecified atom stereocenters. The first-order chi connectivity index (χ1) is 23.2. The van der Waals surface area contributed by atoms with Gasteiger partial charge in [0.15, 0.2) is 11.6 Å². The number of hydrogen-bond donors (Lipinski definition) is 8. The zero-order chi connectivity index (χ0) is 33.6. The molecule has 1 amide bonds. The van der Waals surface area contributed by atoms with Crippen LogP contribution in [0.25, 0.3) is 0 Å². The molecule has 0 radical (unpaired) electrons. The number of nitrogens with one attached hydrogen (secondary N) is 6. The van der Waals surface area contributed by atoms with E-state index in [9.17, 15) is 9.59 Å². The average molecular weight is 654 g/mol. The highest BCUT2D eigenvalue weighted by Crippen LogP contribution is 2.40. The molecule has 0 spiro atoms. The molecule has 6 rings (SSSR count). The van der Waals surface area contributed by atoms with Gasteiger partial charge in [0.25, 0.3) is 5.88 Å². The fourth-order valence-electron chi connectivity index (χ4n) is 5.18. The van der Waals surface area contributed by atoms with Gasteiger partial charge in [-0.05, 0) is 61.0 Å². The number of esters is 1. The van der Waals surface area contributed by atoms with Crippen LogP contribution >= 0.6 is 0 Å². The minimum absolute atomic E-state index is 0.00455. The lowest BCUT2D eigenvalue weighted by Gasteiger charge is -2.27. The topological polar surface area (TPSA) is 240 Å². The van der Waals surface area contributed by atoms with Crippen molar-refractivity contribution >= 4 is 34.9 Å². The number of H-pyrrole nitrogens is 1. The maximum atomic E-state index is 13.3. The van der Waals surface area contributed by atoms with Crippen molar-refractivity contribution in [1.29, 1.82) is 5.41 Å². The maximum absolute atomic E-state index is 13.3. The summed E-state index contributed by atoms with van der Waals surface area (Å²) < 4.78 is 17.5. The molecular weight excluding hydrogens is 618 g/mol. The number of amides is 1. The quantitative estimate of drug-likeness (QED) is 0.0475. The van der Waals surface area contributed by atoms with Crippen LogP contribution in [0.5, 0.6) is 23.4 Å². The summed E-state index contributed by atoms with van der Waals surface area (Å²) in [6.07, 6.45) is 7.66. The fourth-order valence-corrected chi connectivity index (χ4v) is 5.18. The van der Waals surface area contributed by atoms with Gasteiger partial charge in [-0.3, -0.25) is 20.3 Å². The van der Waals surface area contributed by atoms with Crippen molar-refractivity contribution in [2.24, 2.45) is 5.73 Å². The first-order valence-electron chi connectivity index (χ1n) is 15.3. The highest BCUT2D eigenvalue weighted by atomic mass is 16.5. The molecule has 2 atom stereocenters. The third-order valence-electron chi connectivity index (χ3n) is 7.52. The van der Waals surface area contributed by atoms with Crippen LogP contribution in [0.15, 0.2) is 61.2 Å². The van der Waals surface area contributed by atoms with Crippen LogP contribution in [-0.2, 0) is 27.2 Å². The fraction of sp³-hybridized carbons (Fsp3) is 0.250. The number of benzene rings is 2. The lowest BCUT2D eigenvalue weighted by atomic mass is 10.0. The first kappa shape index (κ1) is 31.8. The predicted octanol–water partition coefficient (Wildman–Crippen LogP) is 2.83.